The lowest BCUT2D eigenvalue weighted by Crippen LogP contribution is -2.42. The van der Waals surface area contributed by atoms with E-state index < -0.39 is 53.0 Å². The first-order valence-corrected chi connectivity index (χ1v) is 18.4. The van der Waals surface area contributed by atoms with E-state index in [4.69, 9.17) is 9.47 Å². The predicted molar refractivity (Wildman–Crippen MR) is 185 cm³/mol. The molecule has 10 nitrogen and oxygen atoms in total. The summed E-state index contributed by atoms with van der Waals surface area (Å²) < 4.78 is 52.6. The molecule has 2 aliphatic heterocycles. The van der Waals surface area contributed by atoms with Gasteiger partial charge in [0, 0.05) is 21.7 Å². The number of fused-ring (bicyclic) bond motifs is 9. The summed E-state index contributed by atoms with van der Waals surface area (Å²) in [5, 5.41) is 3.27. The summed E-state index contributed by atoms with van der Waals surface area (Å²) in [6.45, 7) is 1.68. The van der Waals surface area contributed by atoms with Gasteiger partial charge >= 0.3 is 17.0 Å². The molecule has 7 atom stereocenters. The average molecular weight is 750 g/mol. The quantitative estimate of drug-likeness (QED) is 0.158. The Hall–Kier alpha value is -4.89. The monoisotopic (exact) mass is 749 g/mol. The molecule has 3 amide bonds. The molecule has 3 fully saturated rings. The van der Waals surface area contributed by atoms with Gasteiger partial charge in [0.15, 0.2) is 6.61 Å². The number of H-pyrrole nitrogens is 1. The van der Waals surface area contributed by atoms with E-state index >= 15 is 0 Å². The van der Waals surface area contributed by atoms with Crippen molar-refractivity contribution >= 4 is 58.2 Å². The fraction of sp³-hybridized carbons (Fsp3) is 0.324. The van der Waals surface area contributed by atoms with Crippen molar-refractivity contribution < 1.29 is 41.8 Å². The van der Waals surface area contributed by atoms with Crippen LogP contribution in [0.1, 0.15) is 45.6 Å². The van der Waals surface area contributed by atoms with Crippen molar-refractivity contribution in [1.29, 1.82) is 0 Å². The number of nitrogens with one attached hydrogen (secondary N) is 2. The zero-order valence-corrected chi connectivity index (χ0v) is 29.0. The maximum absolute atomic E-state index is 14.0. The molecule has 4 aliphatic rings. The van der Waals surface area contributed by atoms with E-state index in [2.05, 4.69) is 10.3 Å². The van der Waals surface area contributed by atoms with Crippen molar-refractivity contribution in [3.05, 3.63) is 104 Å². The number of amides is 3. The van der Waals surface area contributed by atoms with E-state index in [1.165, 1.54) is 30.0 Å². The van der Waals surface area contributed by atoms with Gasteiger partial charge < -0.3 is 19.8 Å². The molecular formula is C37H30F3N3O7S2. The molecule has 0 spiro atoms. The first kappa shape index (κ1) is 34.2. The number of carbonyl (C=O) groups excluding carboxylic acids is 4. The predicted octanol–water partition coefficient (Wildman–Crippen LogP) is 6.33. The molecule has 2 aliphatic carbocycles. The number of anilines is 2. The van der Waals surface area contributed by atoms with E-state index in [0.29, 0.717) is 28.4 Å². The lowest BCUT2D eigenvalue weighted by molar-refractivity contribution is -0.137. The molecule has 8 rings (SSSR count). The second-order valence-electron chi connectivity index (χ2n) is 13.2. The third kappa shape index (κ3) is 5.70. The van der Waals surface area contributed by atoms with Crippen LogP contribution in [-0.2, 0) is 25.3 Å². The molecule has 3 aromatic carbocycles. The van der Waals surface area contributed by atoms with Crippen molar-refractivity contribution in [2.24, 2.45) is 29.6 Å². The van der Waals surface area contributed by atoms with Gasteiger partial charge in [0.25, 0.3) is 5.91 Å². The van der Waals surface area contributed by atoms with Crippen LogP contribution in [0.4, 0.5) is 24.5 Å². The van der Waals surface area contributed by atoms with E-state index in [1.807, 2.05) is 12.1 Å². The Morgan fingerprint density at radius 2 is 1.63 bits per heavy atom. The molecule has 1 saturated heterocycles. The van der Waals surface area contributed by atoms with Crippen molar-refractivity contribution in [3.8, 4) is 5.75 Å². The first-order chi connectivity index (χ1) is 24.9. The Bertz CT molecular complexity index is 2150. The number of aromatic nitrogens is 1. The third-order valence-corrected chi connectivity index (χ3v) is 13.1. The number of alkyl halides is 3. The number of thioether (sulfide) groups is 1. The average Bonchev–Trinajstić information content (AvgIpc) is 3.86. The second-order valence-corrected chi connectivity index (χ2v) is 15.4. The summed E-state index contributed by atoms with van der Waals surface area (Å²) in [7, 11) is 0. The summed E-state index contributed by atoms with van der Waals surface area (Å²) in [6, 6.07) is 18.1. The van der Waals surface area contributed by atoms with E-state index in [-0.39, 0.29) is 47.0 Å². The summed E-state index contributed by atoms with van der Waals surface area (Å²) in [5.74, 6) is -4.16. The SMILES string of the molecule is CCOC(=O)c1ccc(NC(=O)COc2ccc([C@H]3c4sc(=O)[nH]c4SC4C3[C@H]3C[C@@H]4C4C(=O)N(c5ccccc5C(F)(F)F)C(=O)C43)cc2)cc1. The van der Waals surface area contributed by atoms with Crippen LogP contribution in [0.5, 0.6) is 5.75 Å². The molecule has 4 aromatic rings. The second kappa shape index (κ2) is 13.0. The minimum atomic E-state index is -4.75. The molecular weight excluding hydrogens is 720 g/mol. The highest BCUT2D eigenvalue weighted by atomic mass is 32.2. The number of para-hydroxylation sites is 1. The molecule has 1 aromatic heterocycles. The number of ether oxygens (including phenoxy) is 2. The molecule has 0 radical (unpaired) electrons. The van der Waals surface area contributed by atoms with Crippen LogP contribution in [0.3, 0.4) is 0 Å². The van der Waals surface area contributed by atoms with Crippen molar-refractivity contribution in [2.75, 3.05) is 23.4 Å². The normalized spacial score (nSPS) is 25.8. The topological polar surface area (TPSA) is 135 Å². The van der Waals surface area contributed by atoms with Crippen molar-refractivity contribution in [1.82, 2.24) is 4.98 Å². The van der Waals surface area contributed by atoms with Gasteiger partial charge in [0.1, 0.15) is 5.75 Å². The van der Waals surface area contributed by atoms with Gasteiger partial charge in [0.05, 0.1) is 40.3 Å². The number of rotatable bonds is 8. The molecule has 268 valence electrons. The molecule has 2 saturated carbocycles. The zero-order chi connectivity index (χ0) is 36.5. The van der Waals surface area contributed by atoms with Crippen LogP contribution in [0.2, 0.25) is 0 Å². The van der Waals surface area contributed by atoms with Gasteiger partial charge in [-0.05, 0) is 85.2 Å². The number of imide groups is 1. The molecule has 15 heteroatoms. The van der Waals surface area contributed by atoms with Gasteiger partial charge in [-0.25, -0.2) is 9.69 Å². The highest BCUT2D eigenvalue weighted by Gasteiger charge is 2.70. The Kier molecular flexibility index (Phi) is 8.52. The molecule has 4 unspecified atom stereocenters. The van der Waals surface area contributed by atoms with Gasteiger partial charge in [-0.1, -0.05) is 35.6 Å². The van der Waals surface area contributed by atoms with Crippen LogP contribution < -0.4 is 19.8 Å². The van der Waals surface area contributed by atoms with Crippen LogP contribution >= 0.6 is 23.1 Å². The lowest BCUT2D eigenvalue weighted by Gasteiger charge is -2.43. The summed E-state index contributed by atoms with van der Waals surface area (Å²) in [6.07, 6.45) is -4.16. The number of hydrogen-bond donors (Lipinski definition) is 2. The lowest BCUT2D eigenvalue weighted by atomic mass is 9.68. The Balaban J connectivity index is 1.01. The Labute approximate surface area is 302 Å². The summed E-state index contributed by atoms with van der Waals surface area (Å²) >= 11 is 2.58. The maximum Gasteiger partial charge on any atom is 0.418 e. The van der Waals surface area contributed by atoms with E-state index in [0.717, 1.165) is 32.7 Å². The molecule has 52 heavy (non-hydrogen) atoms. The molecule has 3 heterocycles. The Morgan fingerprint density at radius 1 is 0.942 bits per heavy atom. The number of carbonyl (C=O) groups is 4. The molecule has 2 bridgehead atoms. The number of benzene rings is 3. The summed E-state index contributed by atoms with van der Waals surface area (Å²) in [4.78, 5) is 69.2. The third-order valence-electron chi connectivity index (χ3n) is 10.5. The van der Waals surface area contributed by atoms with E-state index in [1.54, 1.807) is 43.3 Å². The maximum atomic E-state index is 14.0. The number of halogens is 3. The van der Waals surface area contributed by atoms with Gasteiger partial charge in [0.2, 0.25) is 11.8 Å². The number of hydrogen-bond acceptors (Lipinski definition) is 9. The largest absolute Gasteiger partial charge is 0.484 e. The fourth-order valence-corrected chi connectivity index (χ4v) is 11.4. The first-order valence-electron chi connectivity index (χ1n) is 16.7. The highest BCUT2D eigenvalue weighted by molar-refractivity contribution is 8.00. The minimum absolute atomic E-state index is 0.144. The minimum Gasteiger partial charge on any atom is -0.484 e. The number of aromatic amines is 1. The number of nitrogens with zero attached hydrogens (tertiary/aromatic N) is 1. The fourth-order valence-electron chi connectivity index (χ4n) is 8.56. The standard InChI is InChI=1S/C37H30F3N3O7S2/c1-2-49-35(47)18-7-11-19(12-8-18)41-25(44)16-50-20-13-9-17(10-14-20)26-27-21-15-22(30(27)51-32-31(26)52-36(48)42-32)29-28(21)33(45)43(34(29)46)24-6-4-3-5-23(24)37(38,39)40/h3-14,21-22,26-30H,2,15-16H2,1H3,(H,41,44)(H,42,48)/t21-,22-,26-,27?,28?,29?,30?/m1/s1. The van der Waals surface area contributed by atoms with Crippen LogP contribution in [0.15, 0.2) is 82.6 Å². The van der Waals surface area contributed by atoms with Crippen LogP contribution in [0.25, 0.3) is 0 Å². The number of thiazole rings is 1. The van der Waals surface area contributed by atoms with Crippen LogP contribution in [0, 0.1) is 29.6 Å². The van der Waals surface area contributed by atoms with Gasteiger partial charge in [-0.2, -0.15) is 13.2 Å². The van der Waals surface area contributed by atoms with E-state index in [9.17, 15) is 37.1 Å². The Morgan fingerprint density at radius 3 is 2.33 bits per heavy atom. The summed E-state index contributed by atoms with van der Waals surface area (Å²) in [5.41, 5.74) is 0.223. The van der Waals surface area contributed by atoms with Crippen molar-refractivity contribution in [3.63, 3.8) is 0 Å². The zero-order valence-electron chi connectivity index (χ0n) is 27.3. The molecule has 2 N–H and O–H groups in total. The highest BCUT2D eigenvalue weighted by Crippen LogP contribution is 2.69. The number of esters is 1. The van der Waals surface area contributed by atoms with Crippen molar-refractivity contribution in [2.45, 2.75) is 35.7 Å². The smallest absolute Gasteiger partial charge is 0.418 e. The van der Waals surface area contributed by atoms with Gasteiger partial charge in [-0.3, -0.25) is 19.2 Å². The van der Waals surface area contributed by atoms with Gasteiger partial charge in [-0.15, -0.1) is 11.8 Å². The van der Waals surface area contributed by atoms with Crippen LogP contribution in [-0.4, -0.2) is 47.1 Å².